The van der Waals surface area contributed by atoms with Gasteiger partial charge in [0, 0.05) is 6.20 Å². The molecule has 3 heteroatoms. The second kappa shape index (κ2) is 5.71. The molecule has 1 rings (SSSR count). The van der Waals surface area contributed by atoms with E-state index in [9.17, 15) is 5.11 Å². The van der Waals surface area contributed by atoms with Crippen molar-refractivity contribution in [1.82, 2.24) is 4.98 Å². The number of methoxy groups -OCH3 is 1. The summed E-state index contributed by atoms with van der Waals surface area (Å²) in [6.07, 6.45) is 3.19. The van der Waals surface area contributed by atoms with Crippen molar-refractivity contribution in [2.75, 3.05) is 7.11 Å². The quantitative estimate of drug-likeness (QED) is 0.810. The van der Waals surface area contributed by atoms with E-state index >= 15 is 0 Å². The number of rotatable bonds is 5. The normalized spacial score (nSPS) is 14.7. The minimum absolute atomic E-state index is 0.207. The molecule has 0 fully saturated rings. The topological polar surface area (TPSA) is 42.4 Å². The van der Waals surface area contributed by atoms with Gasteiger partial charge in [0.15, 0.2) is 0 Å². The fraction of sp³-hybridized carbons (Fsp3) is 0.583. The van der Waals surface area contributed by atoms with Gasteiger partial charge in [0.25, 0.3) is 0 Å². The molecule has 0 aliphatic carbocycles. The first-order valence-corrected chi connectivity index (χ1v) is 5.37. The van der Waals surface area contributed by atoms with Crippen molar-refractivity contribution in [2.45, 2.75) is 32.8 Å². The molecule has 0 saturated carbocycles. The van der Waals surface area contributed by atoms with E-state index in [1.165, 1.54) is 0 Å². The lowest BCUT2D eigenvalue weighted by molar-refractivity contribution is 0.105. The Kier molecular flexibility index (Phi) is 4.56. The molecule has 84 valence electrons. The molecule has 1 heterocycles. The van der Waals surface area contributed by atoms with Gasteiger partial charge < -0.3 is 9.84 Å². The molecule has 15 heavy (non-hydrogen) atoms. The van der Waals surface area contributed by atoms with E-state index in [1.807, 2.05) is 13.0 Å². The van der Waals surface area contributed by atoms with Crippen molar-refractivity contribution in [3.63, 3.8) is 0 Å². The smallest absolute Gasteiger partial charge is 0.143 e. The van der Waals surface area contributed by atoms with Gasteiger partial charge in [-0.15, -0.1) is 0 Å². The summed E-state index contributed by atoms with van der Waals surface area (Å²) in [5, 5.41) is 10.1. The fourth-order valence-electron chi connectivity index (χ4n) is 1.68. The number of ether oxygens (including phenoxy) is 1. The summed E-state index contributed by atoms with van der Waals surface area (Å²) < 4.78 is 5.17. The number of hydrogen-bond donors (Lipinski definition) is 1. The van der Waals surface area contributed by atoms with Crippen molar-refractivity contribution in [3.05, 3.63) is 24.0 Å². The van der Waals surface area contributed by atoms with Crippen molar-refractivity contribution in [2.24, 2.45) is 5.92 Å². The number of aromatic nitrogens is 1. The van der Waals surface area contributed by atoms with Gasteiger partial charge >= 0.3 is 0 Å². The standard InChI is InChI=1S/C12H19NO2/c1-4-6-9(2)12(14)11-10(15-3)7-5-8-13-11/h5,7-9,12,14H,4,6H2,1-3H3. The first kappa shape index (κ1) is 12.0. The molecule has 0 radical (unpaired) electrons. The summed E-state index contributed by atoms with van der Waals surface area (Å²) in [4.78, 5) is 4.18. The maximum Gasteiger partial charge on any atom is 0.143 e. The third-order valence-corrected chi connectivity index (χ3v) is 2.58. The Morgan fingerprint density at radius 2 is 2.27 bits per heavy atom. The number of aliphatic hydroxyl groups is 1. The summed E-state index contributed by atoms with van der Waals surface area (Å²) >= 11 is 0. The van der Waals surface area contributed by atoms with Crippen LogP contribution in [-0.4, -0.2) is 17.2 Å². The molecule has 3 nitrogen and oxygen atoms in total. The molecule has 0 spiro atoms. The van der Waals surface area contributed by atoms with Crippen LogP contribution in [0.15, 0.2) is 18.3 Å². The van der Waals surface area contributed by atoms with Crippen molar-refractivity contribution < 1.29 is 9.84 Å². The Morgan fingerprint density at radius 1 is 1.53 bits per heavy atom. The van der Waals surface area contributed by atoms with Gasteiger partial charge in [-0.2, -0.15) is 0 Å². The zero-order valence-electron chi connectivity index (χ0n) is 9.60. The molecule has 0 saturated heterocycles. The Balaban J connectivity index is 2.84. The van der Waals surface area contributed by atoms with Crippen LogP contribution in [0.3, 0.4) is 0 Å². The molecule has 0 bridgehead atoms. The van der Waals surface area contributed by atoms with Crippen LogP contribution in [-0.2, 0) is 0 Å². The first-order valence-electron chi connectivity index (χ1n) is 5.37. The highest BCUT2D eigenvalue weighted by Crippen LogP contribution is 2.29. The van der Waals surface area contributed by atoms with E-state index in [0.29, 0.717) is 11.4 Å². The summed E-state index contributed by atoms with van der Waals surface area (Å²) in [6.45, 7) is 4.14. The van der Waals surface area contributed by atoms with Crippen LogP contribution in [0.2, 0.25) is 0 Å². The van der Waals surface area contributed by atoms with Crippen molar-refractivity contribution in [1.29, 1.82) is 0 Å². The maximum atomic E-state index is 10.1. The predicted molar refractivity (Wildman–Crippen MR) is 59.8 cm³/mol. The summed E-state index contributed by atoms with van der Waals surface area (Å²) in [5.74, 6) is 0.867. The summed E-state index contributed by atoms with van der Waals surface area (Å²) in [6, 6.07) is 3.63. The van der Waals surface area contributed by atoms with Crippen LogP contribution in [0, 0.1) is 5.92 Å². The molecule has 1 N–H and O–H groups in total. The van der Waals surface area contributed by atoms with E-state index in [0.717, 1.165) is 12.8 Å². The number of hydrogen-bond acceptors (Lipinski definition) is 3. The molecule has 2 atom stereocenters. The molecule has 1 aromatic rings. The van der Waals surface area contributed by atoms with Crippen LogP contribution < -0.4 is 4.74 Å². The van der Waals surface area contributed by atoms with Crippen molar-refractivity contribution in [3.8, 4) is 5.75 Å². The van der Waals surface area contributed by atoms with Gasteiger partial charge in [-0.25, -0.2) is 0 Å². The Morgan fingerprint density at radius 3 is 2.87 bits per heavy atom. The van der Waals surface area contributed by atoms with Gasteiger partial charge in [-0.1, -0.05) is 20.3 Å². The highest BCUT2D eigenvalue weighted by Gasteiger charge is 2.20. The monoisotopic (exact) mass is 209 g/mol. The lowest BCUT2D eigenvalue weighted by atomic mass is 9.96. The third-order valence-electron chi connectivity index (χ3n) is 2.58. The highest BCUT2D eigenvalue weighted by atomic mass is 16.5. The van der Waals surface area contributed by atoms with Gasteiger partial charge in [0.05, 0.1) is 7.11 Å². The predicted octanol–water partition coefficient (Wildman–Crippen LogP) is 2.56. The second-order valence-corrected chi connectivity index (χ2v) is 3.80. The van der Waals surface area contributed by atoms with E-state index in [2.05, 4.69) is 11.9 Å². The summed E-state index contributed by atoms with van der Waals surface area (Å²) in [7, 11) is 1.59. The SMILES string of the molecule is CCCC(C)C(O)c1ncccc1OC. The minimum atomic E-state index is -0.541. The molecule has 0 aliphatic heterocycles. The van der Waals surface area contributed by atoms with E-state index < -0.39 is 6.10 Å². The fourth-order valence-corrected chi connectivity index (χ4v) is 1.68. The van der Waals surface area contributed by atoms with Crippen LogP contribution in [0.5, 0.6) is 5.75 Å². The average molecular weight is 209 g/mol. The van der Waals surface area contributed by atoms with Gasteiger partial charge in [-0.05, 0) is 24.5 Å². The van der Waals surface area contributed by atoms with Crippen LogP contribution in [0.1, 0.15) is 38.5 Å². The Labute approximate surface area is 91.1 Å². The average Bonchev–Trinajstić information content (AvgIpc) is 2.28. The third kappa shape index (κ3) is 2.93. The van der Waals surface area contributed by atoms with E-state index in [1.54, 1.807) is 19.4 Å². The Hall–Kier alpha value is -1.09. The highest BCUT2D eigenvalue weighted by molar-refractivity contribution is 5.28. The maximum absolute atomic E-state index is 10.1. The molecule has 1 aromatic heterocycles. The molecule has 0 aliphatic rings. The largest absolute Gasteiger partial charge is 0.495 e. The first-order chi connectivity index (χ1) is 7.20. The lowest BCUT2D eigenvalue weighted by Gasteiger charge is -2.19. The van der Waals surface area contributed by atoms with E-state index in [-0.39, 0.29) is 5.92 Å². The van der Waals surface area contributed by atoms with Crippen LogP contribution >= 0.6 is 0 Å². The minimum Gasteiger partial charge on any atom is -0.495 e. The van der Waals surface area contributed by atoms with Gasteiger partial charge in [-0.3, -0.25) is 4.98 Å². The molecular weight excluding hydrogens is 190 g/mol. The second-order valence-electron chi connectivity index (χ2n) is 3.80. The van der Waals surface area contributed by atoms with Crippen LogP contribution in [0.4, 0.5) is 0 Å². The zero-order valence-corrected chi connectivity index (χ0v) is 9.60. The molecule has 2 unspecified atom stereocenters. The van der Waals surface area contributed by atoms with Crippen molar-refractivity contribution >= 4 is 0 Å². The van der Waals surface area contributed by atoms with Gasteiger partial charge in [0.2, 0.25) is 0 Å². The zero-order chi connectivity index (χ0) is 11.3. The number of aliphatic hydroxyl groups excluding tert-OH is 1. The van der Waals surface area contributed by atoms with Crippen LogP contribution in [0.25, 0.3) is 0 Å². The lowest BCUT2D eigenvalue weighted by Crippen LogP contribution is -2.11. The molecule has 0 aromatic carbocycles. The van der Waals surface area contributed by atoms with Gasteiger partial charge in [0.1, 0.15) is 17.5 Å². The van der Waals surface area contributed by atoms with E-state index in [4.69, 9.17) is 4.74 Å². The number of pyridine rings is 1. The number of nitrogens with zero attached hydrogens (tertiary/aromatic N) is 1. The molecular formula is C12H19NO2. The summed E-state index contributed by atoms with van der Waals surface area (Å²) in [5.41, 5.74) is 0.640. The Bertz CT molecular complexity index is 301. The molecule has 0 amide bonds.